The standard InChI is InChI=1S/C19H19N3O3S/c1-13-18(19(23)25-12-14-6-4-8-16(10-14)24-2)20-21-22(13)15-7-5-9-17(11-15)26-3/h4-11H,12H2,1-3H3. The van der Waals surface area contributed by atoms with Crippen LogP contribution >= 0.6 is 11.8 Å². The summed E-state index contributed by atoms with van der Waals surface area (Å²) in [5.41, 5.74) is 2.55. The van der Waals surface area contributed by atoms with E-state index in [1.807, 2.05) is 54.8 Å². The number of benzene rings is 2. The van der Waals surface area contributed by atoms with Crippen LogP contribution in [-0.4, -0.2) is 34.3 Å². The van der Waals surface area contributed by atoms with Gasteiger partial charge in [-0.25, -0.2) is 9.48 Å². The molecule has 0 atom stereocenters. The van der Waals surface area contributed by atoms with Crippen molar-refractivity contribution in [1.29, 1.82) is 0 Å². The third-order valence-electron chi connectivity index (χ3n) is 3.89. The van der Waals surface area contributed by atoms with E-state index in [-0.39, 0.29) is 12.3 Å². The first-order chi connectivity index (χ1) is 12.6. The highest BCUT2D eigenvalue weighted by Gasteiger charge is 2.19. The first kappa shape index (κ1) is 18.0. The first-order valence-electron chi connectivity index (χ1n) is 7.99. The lowest BCUT2D eigenvalue weighted by atomic mass is 10.2. The molecule has 0 amide bonds. The van der Waals surface area contributed by atoms with Gasteiger partial charge in [0.25, 0.3) is 0 Å². The highest BCUT2D eigenvalue weighted by Crippen LogP contribution is 2.20. The van der Waals surface area contributed by atoms with Crippen molar-refractivity contribution in [3.8, 4) is 11.4 Å². The van der Waals surface area contributed by atoms with Crippen LogP contribution in [0.15, 0.2) is 53.4 Å². The van der Waals surface area contributed by atoms with Gasteiger partial charge in [-0.3, -0.25) is 0 Å². The van der Waals surface area contributed by atoms with Crippen molar-refractivity contribution in [2.24, 2.45) is 0 Å². The number of carbonyl (C=O) groups is 1. The topological polar surface area (TPSA) is 66.2 Å². The molecular formula is C19H19N3O3S. The summed E-state index contributed by atoms with van der Waals surface area (Å²) in [6.45, 7) is 1.94. The number of rotatable bonds is 6. The Labute approximate surface area is 156 Å². The highest BCUT2D eigenvalue weighted by atomic mass is 32.2. The Bertz CT molecular complexity index is 924. The number of hydrogen-bond acceptors (Lipinski definition) is 6. The number of nitrogens with zero attached hydrogens (tertiary/aromatic N) is 3. The summed E-state index contributed by atoms with van der Waals surface area (Å²) in [7, 11) is 1.60. The number of ether oxygens (including phenoxy) is 2. The maximum absolute atomic E-state index is 12.4. The van der Waals surface area contributed by atoms with Crippen LogP contribution in [0.25, 0.3) is 5.69 Å². The van der Waals surface area contributed by atoms with Gasteiger partial charge in [0, 0.05) is 4.90 Å². The Hall–Kier alpha value is -2.80. The largest absolute Gasteiger partial charge is 0.497 e. The van der Waals surface area contributed by atoms with Crippen molar-refractivity contribution >= 4 is 17.7 Å². The fourth-order valence-electron chi connectivity index (χ4n) is 2.48. The van der Waals surface area contributed by atoms with E-state index in [0.29, 0.717) is 11.4 Å². The van der Waals surface area contributed by atoms with Crippen molar-refractivity contribution in [3.05, 3.63) is 65.5 Å². The summed E-state index contributed by atoms with van der Waals surface area (Å²) < 4.78 is 12.2. The molecule has 0 unspecified atom stereocenters. The average Bonchev–Trinajstić information content (AvgIpc) is 3.07. The molecule has 6 nitrogen and oxygen atoms in total. The lowest BCUT2D eigenvalue weighted by Crippen LogP contribution is -2.08. The molecular weight excluding hydrogens is 350 g/mol. The average molecular weight is 369 g/mol. The van der Waals surface area contributed by atoms with E-state index >= 15 is 0 Å². The molecule has 3 rings (SSSR count). The Balaban J connectivity index is 1.75. The summed E-state index contributed by atoms with van der Waals surface area (Å²) in [5.74, 6) is 0.215. The molecule has 0 radical (unpaired) electrons. The quantitative estimate of drug-likeness (QED) is 0.488. The molecule has 0 N–H and O–H groups in total. The smallest absolute Gasteiger partial charge is 0.361 e. The SMILES string of the molecule is COc1cccc(COC(=O)c2nnn(-c3cccc(SC)c3)c2C)c1. The summed E-state index contributed by atoms with van der Waals surface area (Å²) in [4.78, 5) is 13.5. The Morgan fingerprint density at radius 3 is 2.77 bits per heavy atom. The van der Waals surface area contributed by atoms with Gasteiger partial charge in [-0.1, -0.05) is 23.4 Å². The van der Waals surface area contributed by atoms with E-state index in [9.17, 15) is 4.79 Å². The molecule has 0 aliphatic rings. The third-order valence-corrected chi connectivity index (χ3v) is 4.62. The van der Waals surface area contributed by atoms with E-state index < -0.39 is 5.97 Å². The van der Waals surface area contributed by atoms with Gasteiger partial charge in [0.05, 0.1) is 18.5 Å². The minimum Gasteiger partial charge on any atom is -0.497 e. The predicted octanol–water partition coefficient (Wildman–Crippen LogP) is 3.66. The molecule has 1 heterocycles. The van der Waals surface area contributed by atoms with Crippen molar-refractivity contribution in [3.63, 3.8) is 0 Å². The molecule has 0 aliphatic carbocycles. The number of hydrogen-bond donors (Lipinski definition) is 0. The second-order valence-electron chi connectivity index (χ2n) is 5.56. The van der Waals surface area contributed by atoms with Gasteiger partial charge in [0.2, 0.25) is 0 Å². The Morgan fingerprint density at radius 2 is 2.00 bits per heavy atom. The van der Waals surface area contributed by atoms with Gasteiger partial charge in [0.15, 0.2) is 5.69 Å². The predicted molar refractivity (Wildman–Crippen MR) is 100.0 cm³/mol. The summed E-state index contributed by atoms with van der Waals surface area (Å²) >= 11 is 1.64. The van der Waals surface area contributed by atoms with Crippen molar-refractivity contribution in [2.75, 3.05) is 13.4 Å². The number of carbonyl (C=O) groups excluding carboxylic acids is 1. The van der Waals surface area contributed by atoms with Crippen LogP contribution < -0.4 is 4.74 Å². The van der Waals surface area contributed by atoms with Crippen LogP contribution in [-0.2, 0) is 11.3 Å². The van der Waals surface area contributed by atoms with Gasteiger partial charge in [-0.2, -0.15) is 0 Å². The molecule has 0 aliphatic heterocycles. The van der Waals surface area contributed by atoms with Gasteiger partial charge < -0.3 is 9.47 Å². The molecule has 26 heavy (non-hydrogen) atoms. The molecule has 134 valence electrons. The van der Waals surface area contributed by atoms with E-state index in [2.05, 4.69) is 10.3 Å². The van der Waals surface area contributed by atoms with Crippen molar-refractivity contribution in [2.45, 2.75) is 18.4 Å². The highest BCUT2D eigenvalue weighted by molar-refractivity contribution is 7.98. The van der Waals surface area contributed by atoms with Crippen LogP contribution in [0.3, 0.4) is 0 Å². The van der Waals surface area contributed by atoms with Gasteiger partial charge >= 0.3 is 5.97 Å². The molecule has 0 saturated heterocycles. The van der Waals surface area contributed by atoms with E-state index in [1.54, 1.807) is 30.5 Å². The van der Waals surface area contributed by atoms with Gasteiger partial charge in [0.1, 0.15) is 12.4 Å². The lowest BCUT2D eigenvalue weighted by Gasteiger charge is -2.07. The first-order valence-corrected chi connectivity index (χ1v) is 9.21. The minimum absolute atomic E-state index is 0.143. The van der Waals surface area contributed by atoms with Crippen LogP contribution in [0, 0.1) is 6.92 Å². The van der Waals surface area contributed by atoms with Crippen LogP contribution in [0.1, 0.15) is 21.7 Å². The number of aromatic nitrogens is 3. The van der Waals surface area contributed by atoms with Gasteiger partial charge in [-0.05, 0) is 49.1 Å². The fourth-order valence-corrected chi connectivity index (χ4v) is 2.94. The monoisotopic (exact) mass is 369 g/mol. The zero-order valence-corrected chi connectivity index (χ0v) is 15.6. The van der Waals surface area contributed by atoms with Crippen LogP contribution in [0.5, 0.6) is 5.75 Å². The molecule has 0 fully saturated rings. The maximum Gasteiger partial charge on any atom is 0.361 e. The number of methoxy groups -OCH3 is 1. The Morgan fingerprint density at radius 1 is 1.19 bits per heavy atom. The van der Waals surface area contributed by atoms with E-state index in [0.717, 1.165) is 16.1 Å². The van der Waals surface area contributed by atoms with Gasteiger partial charge in [-0.15, -0.1) is 16.9 Å². The molecule has 2 aromatic carbocycles. The second kappa shape index (κ2) is 8.05. The van der Waals surface area contributed by atoms with Crippen molar-refractivity contribution in [1.82, 2.24) is 15.0 Å². The number of esters is 1. The zero-order chi connectivity index (χ0) is 18.5. The third kappa shape index (κ3) is 3.88. The fraction of sp³-hybridized carbons (Fsp3) is 0.211. The summed E-state index contributed by atoms with van der Waals surface area (Å²) in [6.07, 6.45) is 2.01. The second-order valence-corrected chi connectivity index (χ2v) is 6.44. The summed E-state index contributed by atoms with van der Waals surface area (Å²) in [6, 6.07) is 15.3. The lowest BCUT2D eigenvalue weighted by molar-refractivity contribution is 0.0464. The van der Waals surface area contributed by atoms with E-state index in [4.69, 9.17) is 9.47 Å². The number of thioether (sulfide) groups is 1. The molecule has 1 aromatic heterocycles. The molecule has 0 bridgehead atoms. The molecule has 0 spiro atoms. The Kier molecular flexibility index (Phi) is 5.58. The van der Waals surface area contributed by atoms with Crippen LogP contribution in [0.4, 0.5) is 0 Å². The molecule has 3 aromatic rings. The molecule has 7 heteroatoms. The molecule has 0 saturated carbocycles. The zero-order valence-electron chi connectivity index (χ0n) is 14.8. The minimum atomic E-state index is -0.502. The normalized spacial score (nSPS) is 10.6. The maximum atomic E-state index is 12.4. The van der Waals surface area contributed by atoms with E-state index in [1.165, 1.54) is 0 Å². The van der Waals surface area contributed by atoms with Crippen LogP contribution in [0.2, 0.25) is 0 Å². The van der Waals surface area contributed by atoms with Crippen molar-refractivity contribution < 1.29 is 14.3 Å². The summed E-state index contributed by atoms with van der Waals surface area (Å²) in [5, 5.41) is 8.10.